The number of anilines is 1. The predicted molar refractivity (Wildman–Crippen MR) is 131 cm³/mol. The van der Waals surface area contributed by atoms with Gasteiger partial charge in [-0.25, -0.2) is 0 Å². The third-order valence-electron chi connectivity index (χ3n) is 5.20. The molecule has 31 heavy (non-hydrogen) atoms. The van der Waals surface area contributed by atoms with Gasteiger partial charge in [0, 0.05) is 21.3 Å². The first-order valence-electron chi connectivity index (χ1n) is 9.98. The van der Waals surface area contributed by atoms with E-state index in [9.17, 15) is 0 Å². The molecule has 0 fully saturated rings. The number of rotatable bonds is 7. The summed E-state index contributed by atoms with van der Waals surface area (Å²) in [6.45, 7) is 0. The number of hydrogen-bond donors (Lipinski definition) is 1. The van der Waals surface area contributed by atoms with Crippen LogP contribution in [-0.2, 0) is 4.57 Å². The highest BCUT2D eigenvalue weighted by Crippen LogP contribution is 2.57. The average Bonchev–Trinajstić information content (AvgIpc) is 2.83. The molecule has 3 nitrogen and oxygen atoms in total. The van der Waals surface area contributed by atoms with E-state index < -0.39 is 12.9 Å². The van der Waals surface area contributed by atoms with Gasteiger partial charge < -0.3 is 14.6 Å². The van der Waals surface area contributed by atoms with Crippen LogP contribution in [0.15, 0.2) is 109 Å². The molecular formula is C26H23ClNO2P. The Morgan fingerprint density at radius 3 is 1.87 bits per heavy atom. The van der Waals surface area contributed by atoms with Gasteiger partial charge in [0.05, 0.1) is 7.11 Å². The second kappa shape index (κ2) is 9.43. The Hall–Kier alpha value is -3.00. The zero-order valence-corrected chi connectivity index (χ0v) is 18.8. The van der Waals surface area contributed by atoms with E-state index in [1.807, 2.05) is 109 Å². The van der Waals surface area contributed by atoms with Crippen molar-refractivity contribution in [3.63, 3.8) is 0 Å². The number of benzene rings is 4. The number of nitrogens with one attached hydrogen (secondary N) is 1. The first-order chi connectivity index (χ1) is 15.1. The summed E-state index contributed by atoms with van der Waals surface area (Å²) in [5.41, 5.74) is 1.71. The predicted octanol–water partition coefficient (Wildman–Crippen LogP) is 6.47. The van der Waals surface area contributed by atoms with Crippen LogP contribution in [0.4, 0.5) is 5.69 Å². The Kier molecular flexibility index (Phi) is 6.46. The molecule has 4 rings (SSSR count). The molecule has 1 N–H and O–H groups in total. The summed E-state index contributed by atoms with van der Waals surface area (Å²) in [5, 5.41) is 5.72. The first kappa shape index (κ1) is 21.2. The molecule has 0 spiro atoms. The quantitative estimate of drug-likeness (QED) is 0.330. The average molecular weight is 448 g/mol. The molecule has 0 saturated heterocycles. The number of hydrogen-bond acceptors (Lipinski definition) is 3. The van der Waals surface area contributed by atoms with Crippen molar-refractivity contribution in [3.8, 4) is 5.75 Å². The summed E-state index contributed by atoms with van der Waals surface area (Å²) in [6, 6.07) is 34.5. The molecule has 0 amide bonds. The van der Waals surface area contributed by atoms with Crippen LogP contribution < -0.4 is 20.7 Å². The number of halogens is 1. The highest BCUT2D eigenvalue weighted by Gasteiger charge is 2.38. The van der Waals surface area contributed by atoms with Crippen LogP contribution in [0, 0.1) is 0 Å². The van der Waals surface area contributed by atoms with Gasteiger partial charge in [0.25, 0.3) is 0 Å². The fourth-order valence-corrected chi connectivity index (χ4v) is 6.89. The molecule has 0 aliphatic heterocycles. The van der Waals surface area contributed by atoms with Crippen LogP contribution in [0.3, 0.4) is 0 Å². The van der Waals surface area contributed by atoms with Crippen molar-refractivity contribution >= 4 is 35.0 Å². The minimum atomic E-state index is -3.16. The summed E-state index contributed by atoms with van der Waals surface area (Å²) in [4.78, 5) is 0. The maximum absolute atomic E-state index is 15.0. The number of methoxy groups -OCH3 is 1. The maximum Gasteiger partial charge on any atom is 0.168 e. The topological polar surface area (TPSA) is 38.3 Å². The van der Waals surface area contributed by atoms with E-state index in [1.165, 1.54) is 0 Å². The first-order valence-corrected chi connectivity index (χ1v) is 12.1. The Bertz CT molecular complexity index is 1140. The molecule has 0 aromatic heterocycles. The van der Waals surface area contributed by atoms with Crippen LogP contribution in [-0.4, -0.2) is 7.11 Å². The molecule has 1 atom stereocenters. The summed E-state index contributed by atoms with van der Waals surface area (Å²) in [5.74, 6) is 0.251. The standard InChI is InChI=1S/C26H23ClNO2P/c1-30-23-17-15-20(16-18-23)26(28-22-10-8-9-21(27)19-22)31(29,24-11-4-2-5-12-24)25-13-6-3-7-14-25/h2-19,26,28H,1H3. The summed E-state index contributed by atoms with van der Waals surface area (Å²) < 4.78 is 20.4. The van der Waals surface area contributed by atoms with Crippen molar-refractivity contribution in [3.05, 3.63) is 120 Å². The molecular weight excluding hydrogens is 425 g/mol. The largest absolute Gasteiger partial charge is 0.497 e. The van der Waals surface area contributed by atoms with Crippen LogP contribution in [0.1, 0.15) is 11.3 Å². The van der Waals surface area contributed by atoms with Crippen LogP contribution in [0.25, 0.3) is 0 Å². The third-order valence-corrected chi connectivity index (χ3v) is 8.72. The Morgan fingerprint density at radius 1 is 0.774 bits per heavy atom. The van der Waals surface area contributed by atoms with Gasteiger partial charge in [0.2, 0.25) is 0 Å². The van der Waals surface area contributed by atoms with Crippen LogP contribution in [0.2, 0.25) is 5.02 Å². The second-order valence-corrected chi connectivity index (χ2v) is 10.5. The molecule has 156 valence electrons. The van der Waals surface area contributed by atoms with Crippen LogP contribution in [0.5, 0.6) is 5.75 Å². The lowest BCUT2D eigenvalue weighted by Gasteiger charge is -2.31. The lowest BCUT2D eigenvalue weighted by molar-refractivity contribution is 0.414. The van der Waals surface area contributed by atoms with E-state index in [-0.39, 0.29) is 0 Å². The Balaban J connectivity index is 1.92. The van der Waals surface area contributed by atoms with E-state index in [1.54, 1.807) is 7.11 Å². The van der Waals surface area contributed by atoms with E-state index >= 15 is 4.57 Å². The zero-order chi connectivity index (χ0) is 21.7. The van der Waals surface area contributed by atoms with Gasteiger partial charge in [-0.3, -0.25) is 0 Å². The maximum atomic E-state index is 15.0. The lowest BCUT2D eigenvalue weighted by atomic mass is 10.2. The van der Waals surface area contributed by atoms with Crippen molar-refractivity contribution in [1.82, 2.24) is 0 Å². The fraction of sp³-hybridized carbons (Fsp3) is 0.0769. The smallest absolute Gasteiger partial charge is 0.168 e. The van der Waals surface area contributed by atoms with E-state index in [4.69, 9.17) is 16.3 Å². The van der Waals surface area contributed by atoms with Crippen molar-refractivity contribution in [2.75, 3.05) is 12.4 Å². The van der Waals surface area contributed by atoms with Crippen molar-refractivity contribution < 1.29 is 9.30 Å². The molecule has 0 bridgehead atoms. The minimum absolute atomic E-state index is 0.498. The van der Waals surface area contributed by atoms with E-state index in [0.717, 1.165) is 27.6 Å². The van der Waals surface area contributed by atoms with Gasteiger partial charge in [-0.2, -0.15) is 0 Å². The molecule has 1 unspecified atom stereocenters. The monoisotopic (exact) mass is 447 g/mol. The molecule has 0 radical (unpaired) electrons. The van der Waals surface area contributed by atoms with Crippen molar-refractivity contribution in [2.45, 2.75) is 5.78 Å². The molecule has 0 heterocycles. The molecule has 4 aromatic carbocycles. The molecule has 4 aromatic rings. The minimum Gasteiger partial charge on any atom is -0.497 e. The van der Waals surface area contributed by atoms with E-state index in [2.05, 4.69) is 5.32 Å². The Morgan fingerprint density at radius 2 is 1.35 bits per heavy atom. The van der Waals surface area contributed by atoms with Crippen molar-refractivity contribution in [1.29, 1.82) is 0 Å². The SMILES string of the molecule is COc1ccc(C(Nc2cccc(Cl)c2)P(=O)(c2ccccc2)c2ccccc2)cc1. The van der Waals surface area contributed by atoms with E-state index in [0.29, 0.717) is 5.02 Å². The number of ether oxygens (including phenoxy) is 1. The molecule has 0 aliphatic rings. The lowest BCUT2D eigenvalue weighted by Crippen LogP contribution is -2.25. The van der Waals surface area contributed by atoms with Gasteiger partial charge in [0.15, 0.2) is 7.14 Å². The van der Waals surface area contributed by atoms with Gasteiger partial charge >= 0.3 is 0 Å². The summed E-state index contributed by atoms with van der Waals surface area (Å²) >= 11 is 6.24. The normalized spacial score (nSPS) is 12.2. The van der Waals surface area contributed by atoms with Gasteiger partial charge in [-0.05, 0) is 35.9 Å². The van der Waals surface area contributed by atoms with Crippen molar-refractivity contribution in [2.24, 2.45) is 0 Å². The second-order valence-electron chi connectivity index (χ2n) is 7.16. The Labute approximate surface area is 188 Å². The third kappa shape index (κ3) is 4.54. The van der Waals surface area contributed by atoms with Crippen LogP contribution >= 0.6 is 18.7 Å². The molecule has 5 heteroatoms. The molecule has 0 aliphatic carbocycles. The van der Waals surface area contributed by atoms with Gasteiger partial charge in [0.1, 0.15) is 11.5 Å². The highest BCUT2D eigenvalue weighted by molar-refractivity contribution is 7.79. The van der Waals surface area contributed by atoms with Gasteiger partial charge in [-0.1, -0.05) is 90.5 Å². The zero-order valence-electron chi connectivity index (χ0n) is 17.1. The summed E-state index contributed by atoms with van der Waals surface area (Å²) in [7, 11) is -1.52. The summed E-state index contributed by atoms with van der Waals surface area (Å²) in [6.07, 6.45) is 0. The fourth-order valence-electron chi connectivity index (χ4n) is 3.65. The van der Waals surface area contributed by atoms with Gasteiger partial charge in [-0.15, -0.1) is 0 Å². The highest BCUT2D eigenvalue weighted by atomic mass is 35.5. The molecule has 0 saturated carbocycles.